The summed E-state index contributed by atoms with van der Waals surface area (Å²) in [6, 6.07) is 10.3. The topological polar surface area (TPSA) is 58.6 Å². The molecule has 0 spiro atoms. The molecular weight excluding hydrogens is 376 g/mol. The van der Waals surface area contributed by atoms with Crippen LogP contribution in [0.1, 0.15) is 51.4 Å². The minimum atomic E-state index is -0.499. The molecule has 1 aromatic heterocycles. The quantitative estimate of drug-likeness (QED) is 0.738. The Hall–Kier alpha value is -2.89. The van der Waals surface area contributed by atoms with E-state index in [2.05, 4.69) is 40.0 Å². The summed E-state index contributed by atoms with van der Waals surface area (Å²) in [5.74, 6) is 0.912. The second-order valence-electron chi connectivity index (χ2n) is 8.69. The number of amides is 1. The Morgan fingerprint density at radius 3 is 2.47 bits per heavy atom. The van der Waals surface area contributed by atoms with Gasteiger partial charge in [0.15, 0.2) is 0 Å². The van der Waals surface area contributed by atoms with E-state index in [1.807, 2.05) is 57.7 Å². The van der Waals surface area contributed by atoms with Crippen LogP contribution in [0.5, 0.6) is 0 Å². The van der Waals surface area contributed by atoms with Gasteiger partial charge in [-0.15, -0.1) is 0 Å². The number of ether oxygens (including phenoxy) is 1. The summed E-state index contributed by atoms with van der Waals surface area (Å²) in [6.07, 6.45) is 3.48. The molecule has 0 saturated carbocycles. The van der Waals surface area contributed by atoms with E-state index in [1.165, 1.54) is 0 Å². The molecule has 6 heteroatoms. The van der Waals surface area contributed by atoms with Crippen molar-refractivity contribution in [2.45, 2.75) is 53.2 Å². The molecule has 1 aliphatic heterocycles. The molecule has 30 heavy (non-hydrogen) atoms. The van der Waals surface area contributed by atoms with Gasteiger partial charge in [0.05, 0.1) is 5.69 Å². The van der Waals surface area contributed by atoms with Gasteiger partial charge in [-0.1, -0.05) is 36.4 Å². The third-order valence-corrected chi connectivity index (χ3v) is 5.21. The fourth-order valence-corrected chi connectivity index (χ4v) is 3.83. The number of hydrogen-bond donors (Lipinski definition) is 0. The van der Waals surface area contributed by atoms with E-state index in [-0.39, 0.29) is 12.1 Å². The molecule has 0 aliphatic carbocycles. The highest BCUT2D eigenvalue weighted by Gasteiger charge is 2.32. The maximum absolute atomic E-state index is 12.6. The van der Waals surface area contributed by atoms with E-state index < -0.39 is 5.60 Å². The van der Waals surface area contributed by atoms with E-state index >= 15 is 0 Å². The van der Waals surface area contributed by atoms with Crippen molar-refractivity contribution in [2.24, 2.45) is 0 Å². The van der Waals surface area contributed by atoms with Crippen molar-refractivity contribution in [3.63, 3.8) is 0 Å². The number of allylic oxidation sites excluding steroid dienone is 1. The first-order valence-corrected chi connectivity index (χ1v) is 10.5. The predicted octanol–water partition coefficient (Wildman–Crippen LogP) is 4.68. The molecule has 0 radical (unpaired) electrons. The standard InChI is InChI=1S/C24H32N4O2/c1-7-20(19-11-9-8-10-12-19)21-18(3)25-16-26-22(21)27-13-14-28(17(2)15-27)23(29)30-24(4,5)6/h7-12,16-17H,13-15H2,1-6H3/b20-7-. The fourth-order valence-electron chi connectivity index (χ4n) is 3.83. The van der Waals surface area contributed by atoms with Gasteiger partial charge in [-0.3, -0.25) is 0 Å². The van der Waals surface area contributed by atoms with Gasteiger partial charge < -0.3 is 14.5 Å². The average molecular weight is 409 g/mol. The number of benzene rings is 1. The molecule has 1 unspecified atom stereocenters. The molecule has 1 fully saturated rings. The second-order valence-corrected chi connectivity index (χ2v) is 8.69. The summed E-state index contributed by atoms with van der Waals surface area (Å²) in [7, 11) is 0. The summed E-state index contributed by atoms with van der Waals surface area (Å²) in [6.45, 7) is 13.8. The number of rotatable bonds is 3. The molecule has 3 rings (SSSR count). The van der Waals surface area contributed by atoms with Crippen molar-refractivity contribution < 1.29 is 9.53 Å². The molecule has 0 bridgehead atoms. The Labute approximate surface area is 179 Å². The average Bonchev–Trinajstić information content (AvgIpc) is 2.69. The van der Waals surface area contributed by atoms with Crippen LogP contribution in [0.4, 0.5) is 10.6 Å². The highest BCUT2D eigenvalue weighted by molar-refractivity contribution is 5.86. The zero-order valence-corrected chi connectivity index (χ0v) is 18.8. The number of anilines is 1. The maximum atomic E-state index is 12.6. The molecule has 1 saturated heterocycles. The lowest BCUT2D eigenvalue weighted by Gasteiger charge is -2.41. The van der Waals surface area contributed by atoms with E-state index in [9.17, 15) is 4.79 Å². The molecule has 1 aliphatic rings. The van der Waals surface area contributed by atoms with Crippen molar-refractivity contribution in [1.29, 1.82) is 0 Å². The van der Waals surface area contributed by atoms with Gasteiger partial charge in [0.1, 0.15) is 17.7 Å². The zero-order valence-electron chi connectivity index (χ0n) is 18.8. The van der Waals surface area contributed by atoms with Crippen LogP contribution in [-0.2, 0) is 4.74 Å². The van der Waals surface area contributed by atoms with E-state index in [0.29, 0.717) is 19.6 Å². The lowest BCUT2D eigenvalue weighted by atomic mass is 9.96. The van der Waals surface area contributed by atoms with Crippen LogP contribution in [0, 0.1) is 6.92 Å². The largest absolute Gasteiger partial charge is 0.444 e. The Morgan fingerprint density at radius 2 is 1.87 bits per heavy atom. The Balaban J connectivity index is 1.88. The predicted molar refractivity (Wildman–Crippen MR) is 121 cm³/mol. The van der Waals surface area contributed by atoms with Gasteiger partial charge in [0.2, 0.25) is 0 Å². The van der Waals surface area contributed by atoms with Gasteiger partial charge >= 0.3 is 6.09 Å². The minimum absolute atomic E-state index is 0.0162. The Morgan fingerprint density at radius 1 is 1.17 bits per heavy atom. The Kier molecular flexibility index (Phi) is 6.44. The molecule has 2 heterocycles. The van der Waals surface area contributed by atoms with Crippen molar-refractivity contribution in [1.82, 2.24) is 14.9 Å². The number of nitrogens with zero attached hydrogens (tertiary/aromatic N) is 4. The molecule has 160 valence electrons. The Bertz CT molecular complexity index is 919. The van der Waals surface area contributed by atoms with E-state index in [0.717, 1.165) is 28.2 Å². The molecule has 1 amide bonds. The summed E-state index contributed by atoms with van der Waals surface area (Å²) >= 11 is 0. The third kappa shape index (κ3) is 4.81. The molecule has 1 atom stereocenters. The first-order chi connectivity index (χ1) is 14.2. The normalized spacial score (nSPS) is 17.8. The summed E-state index contributed by atoms with van der Waals surface area (Å²) in [5, 5.41) is 0. The highest BCUT2D eigenvalue weighted by Crippen LogP contribution is 2.33. The van der Waals surface area contributed by atoms with Gasteiger partial charge in [-0.2, -0.15) is 0 Å². The van der Waals surface area contributed by atoms with Gasteiger partial charge in [0.25, 0.3) is 0 Å². The number of carbonyl (C=O) groups excluding carboxylic acids is 1. The van der Waals surface area contributed by atoms with Crippen LogP contribution in [0.15, 0.2) is 42.7 Å². The molecule has 1 aromatic carbocycles. The number of aryl methyl sites for hydroxylation is 1. The number of aromatic nitrogens is 2. The minimum Gasteiger partial charge on any atom is -0.444 e. The van der Waals surface area contributed by atoms with E-state index in [1.54, 1.807) is 6.33 Å². The molecule has 2 aromatic rings. The summed E-state index contributed by atoms with van der Waals surface area (Å²) in [4.78, 5) is 25.8. The first-order valence-electron chi connectivity index (χ1n) is 10.5. The SMILES string of the molecule is C/C=C(/c1ccccc1)c1c(C)ncnc1N1CCN(C(=O)OC(C)(C)C)C(C)C1. The smallest absolute Gasteiger partial charge is 0.410 e. The second kappa shape index (κ2) is 8.86. The van der Waals surface area contributed by atoms with Gasteiger partial charge in [-0.25, -0.2) is 14.8 Å². The monoisotopic (exact) mass is 408 g/mol. The summed E-state index contributed by atoms with van der Waals surface area (Å²) < 4.78 is 5.58. The molecule has 0 N–H and O–H groups in total. The van der Waals surface area contributed by atoms with Crippen molar-refractivity contribution in [3.8, 4) is 0 Å². The third-order valence-electron chi connectivity index (χ3n) is 5.21. The van der Waals surface area contributed by atoms with Crippen LogP contribution in [0.25, 0.3) is 5.57 Å². The van der Waals surface area contributed by atoms with Crippen LogP contribution in [-0.4, -0.2) is 52.2 Å². The first kappa shape index (κ1) is 21.8. The van der Waals surface area contributed by atoms with E-state index in [4.69, 9.17) is 4.74 Å². The van der Waals surface area contributed by atoms with Crippen molar-refractivity contribution in [2.75, 3.05) is 24.5 Å². The lowest BCUT2D eigenvalue weighted by molar-refractivity contribution is 0.0158. The van der Waals surface area contributed by atoms with Gasteiger partial charge in [0, 0.05) is 31.2 Å². The fraction of sp³-hybridized carbons (Fsp3) is 0.458. The number of piperazine rings is 1. The van der Waals surface area contributed by atoms with Crippen LogP contribution < -0.4 is 4.90 Å². The van der Waals surface area contributed by atoms with Gasteiger partial charge in [-0.05, 0) is 52.7 Å². The molecular formula is C24H32N4O2. The zero-order chi connectivity index (χ0) is 21.9. The maximum Gasteiger partial charge on any atom is 0.410 e. The molecule has 6 nitrogen and oxygen atoms in total. The van der Waals surface area contributed by atoms with Crippen molar-refractivity contribution >= 4 is 17.5 Å². The lowest BCUT2D eigenvalue weighted by Crippen LogP contribution is -2.55. The number of carbonyl (C=O) groups is 1. The number of hydrogen-bond acceptors (Lipinski definition) is 5. The summed E-state index contributed by atoms with van der Waals surface area (Å²) in [5.41, 5.74) is 3.75. The van der Waals surface area contributed by atoms with Crippen LogP contribution in [0.3, 0.4) is 0 Å². The van der Waals surface area contributed by atoms with Crippen LogP contribution >= 0.6 is 0 Å². The highest BCUT2D eigenvalue weighted by atomic mass is 16.6. The van der Waals surface area contributed by atoms with Crippen LogP contribution in [0.2, 0.25) is 0 Å². The van der Waals surface area contributed by atoms with Crippen molar-refractivity contribution in [3.05, 3.63) is 59.6 Å².